The molecule has 0 aromatic heterocycles. The number of amides is 1. The van der Waals surface area contributed by atoms with E-state index in [1.165, 1.54) is 0 Å². The van der Waals surface area contributed by atoms with Gasteiger partial charge < -0.3 is 4.90 Å². The highest BCUT2D eigenvalue weighted by Crippen LogP contribution is 2.36. The number of nitrogens with zero attached hydrogens (tertiary/aromatic N) is 1. The number of carbonyl (C=O) groups is 1. The van der Waals surface area contributed by atoms with Crippen LogP contribution in [-0.2, 0) is 4.79 Å². The van der Waals surface area contributed by atoms with Crippen molar-refractivity contribution < 1.29 is 4.79 Å². The summed E-state index contributed by atoms with van der Waals surface area (Å²) in [4.78, 5) is 13.2. The fourth-order valence-electron chi connectivity index (χ4n) is 1.70. The molecule has 2 heterocycles. The lowest BCUT2D eigenvalue weighted by Gasteiger charge is -2.18. The molecule has 1 amide bonds. The largest absolute Gasteiger partial charge is 0.327 e. The number of carbonyl (C=O) groups excluding carboxylic acids is 1. The van der Waals surface area contributed by atoms with E-state index in [0.29, 0.717) is 17.3 Å². The van der Waals surface area contributed by atoms with Gasteiger partial charge in [-0.25, -0.2) is 0 Å². The van der Waals surface area contributed by atoms with Crippen molar-refractivity contribution in [3.05, 3.63) is 0 Å². The summed E-state index contributed by atoms with van der Waals surface area (Å²) in [5, 5.41) is 0.530. The van der Waals surface area contributed by atoms with Gasteiger partial charge in [-0.3, -0.25) is 4.79 Å². The number of thioether (sulfide) groups is 1. The second-order valence-corrected chi connectivity index (χ2v) is 4.19. The molecule has 0 spiro atoms. The van der Waals surface area contributed by atoms with Crippen LogP contribution >= 0.6 is 11.8 Å². The molecule has 0 aromatic carbocycles. The van der Waals surface area contributed by atoms with Crippen molar-refractivity contribution in [3.8, 4) is 0 Å². The summed E-state index contributed by atoms with van der Waals surface area (Å²) in [6.45, 7) is 6.14. The third-order valence-corrected chi connectivity index (χ3v) is 3.73. The Morgan fingerprint density at radius 2 is 2.17 bits per heavy atom. The number of fused-ring (bicyclic) bond motifs is 1. The normalized spacial score (nSPS) is 32.9. The Bertz CT molecular complexity index is 172. The molecule has 2 aliphatic heterocycles. The van der Waals surface area contributed by atoms with Gasteiger partial charge in [0, 0.05) is 18.2 Å². The molecule has 0 N–H and O–H groups in total. The molecule has 2 rings (SSSR count). The molecule has 0 bridgehead atoms. The Morgan fingerprint density at radius 3 is 2.75 bits per heavy atom. The van der Waals surface area contributed by atoms with Crippen molar-refractivity contribution in [2.75, 3.05) is 5.75 Å². The van der Waals surface area contributed by atoms with E-state index in [2.05, 4.69) is 6.92 Å². The third kappa shape index (κ3) is 1.60. The average molecular weight is 187 g/mol. The fourth-order valence-corrected chi connectivity index (χ4v) is 3.13. The van der Waals surface area contributed by atoms with Gasteiger partial charge in [0.25, 0.3) is 0 Å². The standard InChI is InChI=1S/C7H11NOS.C2H6/c1-5-4-10-7-3-2-6(9)8(5)7;1-2/h5,7H,2-4H2,1H3;1-2H3. The van der Waals surface area contributed by atoms with Crippen LogP contribution in [0.3, 0.4) is 0 Å². The molecule has 2 saturated heterocycles. The molecular weight excluding hydrogens is 170 g/mol. The highest BCUT2D eigenvalue weighted by Gasteiger charge is 2.39. The van der Waals surface area contributed by atoms with Gasteiger partial charge in [0.15, 0.2) is 0 Å². The molecular formula is C9H17NOS. The van der Waals surface area contributed by atoms with Crippen LogP contribution in [0.5, 0.6) is 0 Å². The van der Waals surface area contributed by atoms with Gasteiger partial charge in [0.2, 0.25) is 5.91 Å². The molecule has 2 aliphatic rings. The van der Waals surface area contributed by atoms with E-state index >= 15 is 0 Å². The number of hydrogen-bond acceptors (Lipinski definition) is 2. The molecule has 0 aliphatic carbocycles. The van der Waals surface area contributed by atoms with Crippen LogP contribution in [0.1, 0.15) is 33.6 Å². The van der Waals surface area contributed by atoms with Crippen LogP contribution in [0.2, 0.25) is 0 Å². The zero-order chi connectivity index (χ0) is 9.14. The van der Waals surface area contributed by atoms with Gasteiger partial charge in [0.1, 0.15) is 0 Å². The molecule has 2 nitrogen and oxygen atoms in total. The predicted molar refractivity (Wildman–Crippen MR) is 53.1 cm³/mol. The molecule has 0 aromatic rings. The fraction of sp³-hybridized carbons (Fsp3) is 0.889. The van der Waals surface area contributed by atoms with E-state index < -0.39 is 0 Å². The van der Waals surface area contributed by atoms with E-state index in [9.17, 15) is 4.79 Å². The third-order valence-electron chi connectivity index (χ3n) is 2.21. The minimum atomic E-state index is 0.363. The predicted octanol–water partition coefficient (Wildman–Crippen LogP) is 2.10. The van der Waals surface area contributed by atoms with E-state index in [-0.39, 0.29) is 0 Å². The second-order valence-electron chi connectivity index (χ2n) is 2.98. The molecule has 2 atom stereocenters. The maximum atomic E-state index is 11.2. The summed E-state index contributed by atoms with van der Waals surface area (Å²) < 4.78 is 0. The van der Waals surface area contributed by atoms with Crippen LogP contribution in [0.4, 0.5) is 0 Å². The van der Waals surface area contributed by atoms with Gasteiger partial charge >= 0.3 is 0 Å². The molecule has 0 radical (unpaired) electrons. The zero-order valence-electron chi connectivity index (χ0n) is 8.04. The van der Waals surface area contributed by atoms with Crippen molar-refractivity contribution in [2.24, 2.45) is 0 Å². The van der Waals surface area contributed by atoms with Crippen LogP contribution in [0.25, 0.3) is 0 Å². The Morgan fingerprint density at radius 1 is 1.50 bits per heavy atom. The van der Waals surface area contributed by atoms with Crippen molar-refractivity contribution in [2.45, 2.75) is 45.0 Å². The van der Waals surface area contributed by atoms with Crippen molar-refractivity contribution in [1.82, 2.24) is 4.90 Å². The SMILES string of the molecule is CC.CC1CSC2CCC(=O)N12. The van der Waals surface area contributed by atoms with Gasteiger partial charge in [-0.1, -0.05) is 13.8 Å². The smallest absolute Gasteiger partial charge is 0.223 e. The summed E-state index contributed by atoms with van der Waals surface area (Å²) in [6.07, 6.45) is 1.86. The summed E-state index contributed by atoms with van der Waals surface area (Å²) in [5.41, 5.74) is 0. The maximum absolute atomic E-state index is 11.2. The summed E-state index contributed by atoms with van der Waals surface area (Å²) in [7, 11) is 0. The first-order chi connectivity index (χ1) is 5.79. The Balaban J connectivity index is 0.000000336. The summed E-state index contributed by atoms with van der Waals surface area (Å²) in [6, 6.07) is 0.491. The van der Waals surface area contributed by atoms with E-state index in [1.807, 2.05) is 30.5 Å². The van der Waals surface area contributed by atoms with E-state index in [0.717, 1.165) is 18.6 Å². The first-order valence-electron chi connectivity index (χ1n) is 4.72. The Kier molecular flexibility index (Phi) is 3.44. The minimum absolute atomic E-state index is 0.363. The molecule has 2 fully saturated rings. The lowest BCUT2D eigenvalue weighted by Crippen LogP contribution is -2.33. The van der Waals surface area contributed by atoms with Crippen LogP contribution in [-0.4, -0.2) is 28.0 Å². The highest BCUT2D eigenvalue weighted by molar-refractivity contribution is 8.00. The first-order valence-corrected chi connectivity index (χ1v) is 5.76. The van der Waals surface area contributed by atoms with Gasteiger partial charge in [-0.05, 0) is 13.3 Å². The van der Waals surface area contributed by atoms with E-state index in [1.54, 1.807) is 0 Å². The van der Waals surface area contributed by atoms with Crippen molar-refractivity contribution >= 4 is 17.7 Å². The van der Waals surface area contributed by atoms with Crippen LogP contribution in [0.15, 0.2) is 0 Å². The highest BCUT2D eigenvalue weighted by atomic mass is 32.2. The lowest BCUT2D eigenvalue weighted by molar-refractivity contribution is -0.129. The first kappa shape index (κ1) is 9.90. The zero-order valence-corrected chi connectivity index (χ0v) is 8.86. The number of rotatable bonds is 0. The average Bonchev–Trinajstić information content (AvgIpc) is 2.62. The molecule has 12 heavy (non-hydrogen) atoms. The Hall–Kier alpha value is -0.180. The molecule has 0 saturated carbocycles. The van der Waals surface area contributed by atoms with Gasteiger partial charge in [0.05, 0.1) is 5.37 Å². The van der Waals surface area contributed by atoms with E-state index in [4.69, 9.17) is 0 Å². The van der Waals surface area contributed by atoms with Gasteiger partial charge in [-0.15, -0.1) is 11.8 Å². The molecule has 2 unspecified atom stereocenters. The maximum Gasteiger partial charge on any atom is 0.223 e. The van der Waals surface area contributed by atoms with Crippen molar-refractivity contribution in [1.29, 1.82) is 0 Å². The van der Waals surface area contributed by atoms with Crippen molar-refractivity contribution in [3.63, 3.8) is 0 Å². The lowest BCUT2D eigenvalue weighted by atomic mass is 10.3. The summed E-state index contributed by atoms with van der Waals surface area (Å²) >= 11 is 1.93. The Labute approximate surface area is 78.7 Å². The summed E-state index contributed by atoms with van der Waals surface area (Å²) in [5.74, 6) is 1.50. The molecule has 3 heteroatoms. The van der Waals surface area contributed by atoms with Crippen LogP contribution in [0, 0.1) is 0 Å². The van der Waals surface area contributed by atoms with Gasteiger partial charge in [-0.2, -0.15) is 0 Å². The monoisotopic (exact) mass is 187 g/mol. The number of hydrogen-bond donors (Lipinski definition) is 0. The topological polar surface area (TPSA) is 20.3 Å². The molecule has 70 valence electrons. The second kappa shape index (κ2) is 4.17. The quantitative estimate of drug-likeness (QED) is 0.579. The minimum Gasteiger partial charge on any atom is -0.327 e. The van der Waals surface area contributed by atoms with Crippen LogP contribution < -0.4 is 0 Å².